The maximum atomic E-state index is 15.1. The Hall–Kier alpha value is -4.51. The Morgan fingerprint density at radius 1 is 1.22 bits per heavy atom. The molecule has 2 aliphatic heterocycles. The van der Waals surface area contributed by atoms with Gasteiger partial charge in [0.15, 0.2) is 0 Å². The highest BCUT2D eigenvalue weighted by atomic mass is 19.1. The molecule has 0 unspecified atom stereocenters. The Bertz CT molecular complexity index is 1610. The zero-order valence-electron chi connectivity index (χ0n) is 20.5. The van der Waals surface area contributed by atoms with E-state index in [0.717, 1.165) is 17.8 Å². The van der Waals surface area contributed by atoms with Gasteiger partial charge >= 0.3 is 0 Å². The number of nitriles is 1. The number of aryl methyl sites for hydroxylation is 1. The minimum Gasteiger partial charge on any atom is -0.355 e. The molecule has 1 amide bonds. The fourth-order valence-electron chi connectivity index (χ4n) is 5.72. The van der Waals surface area contributed by atoms with Crippen molar-refractivity contribution < 1.29 is 9.18 Å². The lowest BCUT2D eigenvalue weighted by Crippen LogP contribution is -2.59. The topological polar surface area (TPSA) is 78.1 Å². The average molecular weight is 493 g/mol. The number of fused-ring (bicyclic) bond motifs is 1. The average Bonchev–Trinajstić information content (AvgIpc) is 3.53. The molecule has 184 valence electrons. The second-order valence-electron chi connectivity index (χ2n) is 9.95. The number of hydrogen-bond acceptors (Lipinski definition) is 5. The highest BCUT2D eigenvalue weighted by Gasteiger charge is 2.49. The molecular weight excluding hydrogens is 467 g/mol. The minimum atomic E-state index is -0.387. The van der Waals surface area contributed by atoms with Crippen LogP contribution in [0.3, 0.4) is 0 Å². The number of rotatable bonds is 4. The summed E-state index contributed by atoms with van der Waals surface area (Å²) in [4.78, 5) is 25.1. The van der Waals surface area contributed by atoms with Crippen LogP contribution in [0.1, 0.15) is 17.7 Å². The lowest BCUT2D eigenvalue weighted by atomic mass is 9.79. The summed E-state index contributed by atoms with van der Waals surface area (Å²) in [5.41, 5.74) is 3.80. The highest BCUT2D eigenvalue weighted by molar-refractivity contribution is 6.01. The van der Waals surface area contributed by atoms with Crippen molar-refractivity contribution in [3.8, 4) is 22.9 Å². The fraction of sp³-hybridized carbons (Fsp3) is 0.241. The van der Waals surface area contributed by atoms with E-state index >= 15 is 4.39 Å². The summed E-state index contributed by atoms with van der Waals surface area (Å²) in [7, 11) is 0. The van der Waals surface area contributed by atoms with Gasteiger partial charge in [0.1, 0.15) is 23.3 Å². The molecule has 2 saturated heterocycles. The fourth-order valence-corrected chi connectivity index (χ4v) is 5.72. The molecule has 2 fully saturated rings. The van der Waals surface area contributed by atoms with Crippen LogP contribution in [0.15, 0.2) is 67.6 Å². The summed E-state index contributed by atoms with van der Waals surface area (Å²) in [5, 5.41) is 11.1. The number of anilines is 1. The van der Waals surface area contributed by atoms with Crippen LogP contribution in [0, 0.1) is 29.5 Å². The van der Waals surface area contributed by atoms with Gasteiger partial charge in [-0.2, -0.15) is 5.26 Å². The highest BCUT2D eigenvalue weighted by Crippen LogP contribution is 2.44. The minimum absolute atomic E-state index is 0.0318. The Labute approximate surface area is 214 Å². The van der Waals surface area contributed by atoms with E-state index in [1.54, 1.807) is 35.6 Å². The van der Waals surface area contributed by atoms with E-state index in [-0.39, 0.29) is 17.1 Å². The summed E-state index contributed by atoms with van der Waals surface area (Å²) in [6, 6.07) is 14.7. The summed E-state index contributed by atoms with van der Waals surface area (Å²) in [6.45, 7) is 8.27. The number of carbonyl (C=O) groups excluding carboxylic acids is 1. The number of carbonyl (C=O) groups is 1. The third-order valence-corrected chi connectivity index (χ3v) is 7.58. The van der Waals surface area contributed by atoms with Crippen LogP contribution in [0.2, 0.25) is 0 Å². The van der Waals surface area contributed by atoms with Gasteiger partial charge in [0.25, 0.3) is 0 Å². The van der Waals surface area contributed by atoms with Gasteiger partial charge in [-0.3, -0.25) is 4.79 Å². The van der Waals surface area contributed by atoms with E-state index in [0.29, 0.717) is 59.6 Å². The summed E-state index contributed by atoms with van der Waals surface area (Å²) < 4.78 is 17.1. The summed E-state index contributed by atoms with van der Waals surface area (Å²) in [5.74, 6) is 0.107. The van der Waals surface area contributed by atoms with Gasteiger partial charge in [0.05, 0.1) is 11.8 Å². The molecular formula is C29H25FN6O. The van der Waals surface area contributed by atoms with Gasteiger partial charge in [-0.15, -0.1) is 0 Å². The lowest BCUT2D eigenvalue weighted by Gasteiger charge is -2.47. The van der Waals surface area contributed by atoms with Crippen molar-refractivity contribution in [2.75, 3.05) is 31.1 Å². The zero-order chi connectivity index (χ0) is 25.7. The van der Waals surface area contributed by atoms with Gasteiger partial charge in [0.2, 0.25) is 5.91 Å². The molecule has 37 heavy (non-hydrogen) atoms. The van der Waals surface area contributed by atoms with Crippen molar-refractivity contribution in [2.45, 2.75) is 13.3 Å². The first-order valence-electron chi connectivity index (χ1n) is 12.2. The molecule has 2 aromatic carbocycles. The molecule has 4 heterocycles. The van der Waals surface area contributed by atoms with Crippen LogP contribution < -0.4 is 4.90 Å². The monoisotopic (exact) mass is 492 g/mol. The SMILES string of the molecule is C=CC(=O)N1CC2(CCN(c3nc4cc(-n5cncc5C)ccc4c(-c4ccccc4F)c3C#N)C2)C1. The molecule has 0 bridgehead atoms. The van der Waals surface area contributed by atoms with Crippen molar-refractivity contribution in [3.63, 3.8) is 0 Å². The van der Waals surface area contributed by atoms with Gasteiger partial charge in [-0.25, -0.2) is 14.4 Å². The Balaban J connectivity index is 1.50. The van der Waals surface area contributed by atoms with Crippen molar-refractivity contribution in [1.82, 2.24) is 19.4 Å². The van der Waals surface area contributed by atoms with Crippen LogP contribution in [-0.4, -0.2) is 51.5 Å². The number of imidazole rings is 1. The molecule has 7 nitrogen and oxygen atoms in total. The van der Waals surface area contributed by atoms with E-state index < -0.39 is 0 Å². The van der Waals surface area contributed by atoms with Crippen molar-refractivity contribution >= 4 is 22.6 Å². The van der Waals surface area contributed by atoms with Gasteiger partial charge in [-0.05, 0) is 37.6 Å². The van der Waals surface area contributed by atoms with Crippen LogP contribution in [0.4, 0.5) is 10.2 Å². The van der Waals surface area contributed by atoms with Crippen LogP contribution in [0.25, 0.3) is 27.7 Å². The zero-order valence-corrected chi connectivity index (χ0v) is 20.5. The predicted octanol–water partition coefficient (Wildman–Crippen LogP) is 4.63. The first-order valence-corrected chi connectivity index (χ1v) is 12.2. The number of hydrogen-bond donors (Lipinski definition) is 0. The molecule has 0 saturated carbocycles. The van der Waals surface area contributed by atoms with Crippen molar-refractivity contribution in [3.05, 3.63) is 84.7 Å². The first kappa shape index (κ1) is 22.9. The molecule has 4 aromatic rings. The summed E-state index contributed by atoms with van der Waals surface area (Å²) in [6.07, 6.45) is 5.77. The smallest absolute Gasteiger partial charge is 0.245 e. The van der Waals surface area contributed by atoms with Crippen LogP contribution >= 0.6 is 0 Å². The first-order chi connectivity index (χ1) is 17.9. The molecule has 0 radical (unpaired) electrons. The lowest BCUT2D eigenvalue weighted by molar-refractivity contribution is -0.136. The second-order valence-corrected chi connectivity index (χ2v) is 9.95. The standard InChI is InChI=1S/C29H25FN6O/c1-3-26(37)35-16-29(17-35)10-11-34(15-29)28-23(13-31)27(21-6-4-5-7-24(21)30)22-9-8-20(12-25(22)33-28)36-18-32-14-19(36)2/h3-9,12,14,18H,1,10-11,15-17H2,2H3. The molecule has 1 spiro atoms. The van der Waals surface area contributed by atoms with E-state index in [1.165, 1.54) is 12.1 Å². The summed E-state index contributed by atoms with van der Waals surface area (Å²) >= 11 is 0. The number of likely N-dealkylation sites (tertiary alicyclic amines) is 1. The Morgan fingerprint density at radius 3 is 2.73 bits per heavy atom. The van der Waals surface area contributed by atoms with Gasteiger partial charge < -0.3 is 14.4 Å². The van der Waals surface area contributed by atoms with Crippen molar-refractivity contribution in [2.24, 2.45) is 5.41 Å². The number of nitrogens with zero attached hydrogens (tertiary/aromatic N) is 6. The number of halogens is 1. The Kier molecular flexibility index (Phi) is 5.30. The number of amides is 1. The van der Waals surface area contributed by atoms with Gasteiger partial charge in [0, 0.05) is 65.7 Å². The number of pyridine rings is 1. The molecule has 0 N–H and O–H groups in total. The third kappa shape index (κ3) is 3.66. The maximum Gasteiger partial charge on any atom is 0.245 e. The molecule has 8 heteroatoms. The largest absolute Gasteiger partial charge is 0.355 e. The second kappa shape index (κ2) is 8.56. The maximum absolute atomic E-state index is 15.1. The number of benzene rings is 2. The van der Waals surface area contributed by atoms with Gasteiger partial charge in [-0.1, -0.05) is 30.8 Å². The molecule has 2 aromatic heterocycles. The van der Waals surface area contributed by atoms with E-state index in [1.807, 2.05) is 29.7 Å². The third-order valence-electron chi connectivity index (χ3n) is 7.58. The quantitative estimate of drug-likeness (QED) is 0.388. The predicted molar refractivity (Wildman–Crippen MR) is 140 cm³/mol. The Morgan fingerprint density at radius 2 is 2.03 bits per heavy atom. The van der Waals surface area contributed by atoms with E-state index in [9.17, 15) is 10.1 Å². The van der Waals surface area contributed by atoms with Crippen LogP contribution in [-0.2, 0) is 4.79 Å². The number of aromatic nitrogens is 3. The molecule has 0 atom stereocenters. The van der Waals surface area contributed by atoms with E-state index in [4.69, 9.17) is 4.98 Å². The molecule has 2 aliphatic rings. The normalized spacial score (nSPS) is 16.1. The molecule has 0 aliphatic carbocycles. The van der Waals surface area contributed by atoms with Crippen molar-refractivity contribution in [1.29, 1.82) is 5.26 Å². The van der Waals surface area contributed by atoms with E-state index in [2.05, 4.69) is 22.5 Å². The molecule has 6 rings (SSSR count). The van der Waals surface area contributed by atoms with Crippen LogP contribution in [0.5, 0.6) is 0 Å².